The highest BCUT2D eigenvalue weighted by molar-refractivity contribution is 6.29. The summed E-state index contributed by atoms with van der Waals surface area (Å²) < 4.78 is 5.05. The highest BCUT2D eigenvalue weighted by Gasteiger charge is 2.52. The van der Waals surface area contributed by atoms with Crippen molar-refractivity contribution in [3.63, 3.8) is 0 Å². The van der Waals surface area contributed by atoms with Crippen molar-refractivity contribution in [3.05, 3.63) is 41.4 Å². The summed E-state index contributed by atoms with van der Waals surface area (Å²) >= 11 is 5.80. The van der Waals surface area contributed by atoms with Crippen LogP contribution in [0.3, 0.4) is 0 Å². The number of piperidine rings is 1. The fourth-order valence-corrected chi connectivity index (χ4v) is 3.79. The topological polar surface area (TPSA) is 74.6 Å². The van der Waals surface area contributed by atoms with Crippen LogP contribution >= 0.6 is 11.6 Å². The van der Waals surface area contributed by atoms with Gasteiger partial charge in [-0.05, 0) is 12.5 Å². The van der Waals surface area contributed by atoms with Crippen LogP contribution in [0.2, 0.25) is 5.15 Å². The van der Waals surface area contributed by atoms with Gasteiger partial charge in [0.2, 0.25) is 5.88 Å². The molecule has 3 saturated heterocycles. The van der Waals surface area contributed by atoms with Crippen LogP contribution in [-0.4, -0.2) is 65.1 Å². The number of nitrogens with zero attached hydrogens (tertiary/aromatic N) is 5. The minimum atomic E-state index is -1.56. The lowest BCUT2D eigenvalue weighted by Gasteiger charge is -2.61. The van der Waals surface area contributed by atoms with Crippen LogP contribution in [0.25, 0.3) is 0 Å². The maximum Gasteiger partial charge on any atom is 0.212 e. The van der Waals surface area contributed by atoms with Gasteiger partial charge < -0.3 is 14.7 Å². The molecule has 2 aromatic rings. The van der Waals surface area contributed by atoms with Gasteiger partial charge in [-0.3, -0.25) is 4.90 Å². The Morgan fingerprint density at radius 2 is 1.96 bits per heavy atom. The Morgan fingerprint density at radius 3 is 2.52 bits per heavy atom. The molecule has 0 spiro atoms. The molecular weight excluding hydrogens is 340 g/mol. The third-order valence-electron chi connectivity index (χ3n) is 4.89. The first-order chi connectivity index (χ1) is 12.0. The fraction of sp³-hybridized carbons (Fsp3) is 0.438. The lowest BCUT2D eigenvalue weighted by atomic mass is 9.74. The van der Waals surface area contributed by atoms with E-state index in [1.807, 2.05) is 4.90 Å². The SMILES string of the molecule is [B]C(O)(c1ccc(OC)nc1)N1C2CC1CN(c1cnc(Cl)cn1)C2. The fourth-order valence-electron chi connectivity index (χ4n) is 3.69. The van der Waals surface area contributed by atoms with Crippen molar-refractivity contribution in [2.24, 2.45) is 0 Å². The van der Waals surface area contributed by atoms with E-state index in [0.717, 1.165) is 25.3 Å². The van der Waals surface area contributed by atoms with Gasteiger partial charge in [0.25, 0.3) is 0 Å². The van der Waals surface area contributed by atoms with E-state index in [-0.39, 0.29) is 12.1 Å². The maximum absolute atomic E-state index is 10.9. The molecule has 0 saturated carbocycles. The second-order valence-corrected chi connectivity index (χ2v) is 6.76. The molecular formula is C16H17BClN5O2. The van der Waals surface area contributed by atoms with Gasteiger partial charge in [-0.15, -0.1) is 0 Å². The molecule has 2 aromatic heterocycles. The molecule has 3 atom stereocenters. The van der Waals surface area contributed by atoms with Gasteiger partial charge >= 0.3 is 0 Å². The summed E-state index contributed by atoms with van der Waals surface area (Å²) in [6.45, 7) is 1.44. The standard InChI is InChI=1S/C16H17BClN5O2/c1-25-15-3-2-10(5-21-15)16(17,24)23-11-4-12(23)9-22(8-11)14-7-19-13(18)6-20-14/h2-3,5-7,11-12,24H,4,8-9H2,1H3. The van der Waals surface area contributed by atoms with Crippen molar-refractivity contribution >= 4 is 25.3 Å². The predicted octanol–water partition coefficient (Wildman–Crippen LogP) is 0.768. The number of aliphatic hydroxyl groups is 1. The largest absolute Gasteiger partial charge is 0.481 e. The van der Waals surface area contributed by atoms with Crippen LogP contribution in [0.4, 0.5) is 5.82 Å². The Bertz CT molecular complexity index is 746. The number of anilines is 1. The summed E-state index contributed by atoms with van der Waals surface area (Å²) in [6, 6.07) is 3.70. The average molecular weight is 358 g/mol. The monoisotopic (exact) mass is 357 g/mol. The van der Waals surface area contributed by atoms with Crippen molar-refractivity contribution in [2.75, 3.05) is 25.1 Å². The molecule has 9 heteroatoms. The van der Waals surface area contributed by atoms with Gasteiger partial charge in [0, 0.05) is 43.0 Å². The summed E-state index contributed by atoms with van der Waals surface area (Å²) in [4.78, 5) is 16.6. The Morgan fingerprint density at radius 1 is 1.20 bits per heavy atom. The third kappa shape index (κ3) is 2.84. The van der Waals surface area contributed by atoms with E-state index in [4.69, 9.17) is 24.2 Å². The molecule has 0 aliphatic carbocycles. The first-order valence-corrected chi connectivity index (χ1v) is 8.39. The smallest absolute Gasteiger partial charge is 0.212 e. The molecule has 25 heavy (non-hydrogen) atoms. The molecule has 128 valence electrons. The molecule has 3 aliphatic rings. The second-order valence-electron chi connectivity index (χ2n) is 6.37. The van der Waals surface area contributed by atoms with E-state index in [0.29, 0.717) is 16.6 Å². The number of hydrogen-bond donors (Lipinski definition) is 1. The van der Waals surface area contributed by atoms with Crippen molar-refractivity contribution in [3.8, 4) is 5.88 Å². The van der Waals surface area contributed by atoms with Crippen LogP contribution in [0, 0.1) is 0 Å². The first kappa shape index (κ1) is 16.6. The minimum absolute atomic E-state index is 0.133. The highest BCUT2D eigenvalue weighted by Crippen LogP contribution is 2.41. The number of ether oxygens (including phenoxy) is 1. The summed E-state index contributed by atoms with van der Waals surface area (Å²) in [5.41, 5.74) is -1.02. The van der Waals surface area contributed by atoms with Crippen molar-refractivity contribution in [2.45, 2.75) is 24.1 Å². The number of halogens is 1. The molecule has 3 fully saturated rings. The molecule has 0 aromatic carbocycles. The zero-order valence-electron chi connectivity index (χ0n) is 13.7. The molecule has 5 rings (SSSR count). The number of methoxy groups -OCH3 is 1. The number of rotatable bonds is 4. The molecule has 2 radical (unpaired) electrons. The molecule has 5 heterocycles. The van der Waals surface area contributed by atoms with E-state index in [1.165, 1.54) is 6.20 Å². The Labute approximate surface area is 152 Å². The summed E-state index contributed by atoms with van der Waals surface area (Å²) in [6.07, 6.45) is 5.74. The highest BCUT2D eigenvalue weighted by atomic mass is 35.5. The number of piperazine rings is 1. The van der Waals surface area contributed by atoms with E-state index in [9.17, 15) is 5.11 Å². The van der Waals surface area contributed by atoms with Gasteiger partial charge in [-0.2, -0.15) is 0 Å². The number of fused-ring (bicyclic) bond motifs is 2. The number of hydrogen-bond acceptors (Lipinski definition) is 7. The zero-order chi connectivity index (χ0) is 17.6. The summed E-state index contributed by atoms with van der Waals surface area (Å²) in [5.74, 6) is 1.27. The average Bonchev–Trinajstić information content (AvgIpc) is 2.62. The number of aromatic nitrogens is 3. The van der Waals surface area contributed by atoms with Gasteiger partial charge in [-0.25, -0.2) is 15.0 Å². The zero-order valence-corrected chi connectivity index (χ0v) is 14.5. The van der Waals surface area contributed by atoms with Crippen LogP contribution in [0.15, 0.2) is 30.7 Å². The molecule has 3 unspecified atom stereocenters. The Kier molecular flexibility index (Phi) is 4.06. The predicted molar refractivity (Wildman–Crippen MR) is 93.7 cm³/mol. The van der Waals surface area contributed by atoms with Gasteiger partial charge in [0.1, 0.15) is 18.8 Å². The van der Waals surface area contributed by atoms with Crippen LogP contribution in [0.1, 0.15) is 12.0 Å². The first-order valence-electron chi connectivity index (χ1n) is 8.01. The molecule has 7 nitrogen and oxygen atoms in total. The van der Waals surface area contributed by atoms with E-state index in [1.54, 1.807) is 31.6 Å². The maximum atomic E-state index is 10.9. The minimum Gasteiger partial charge on any atom is -0.481 e. The van der Waals surface area contributed by atoms with E-state index < -0.39 is 5.62 Å². The molecule has 3 aliphatic heterocycles. The van der Waals surface area contributed by atoms with Gasteiger partial charge in [-0.1, -0.05) is 11.6 Å². The molecule has 1 N–H and O–H groups in total. The van der Waals surface area contributed by atoms with Gasteiger partial charge in [0.05, 0.1) is 25.1 Å². The summed E-state index contributed by atoms with van der Waals surface area (Å²) in [5, 5.41) is 11.3. The molecule has 0 amide bonds. The second kappa shape index (κ2) is 6.12. The van der Waals surface area contributed by atoms with Crippen LogP contribution < -0.4 is 9.64 Å². The quantitative estimate of drug-likeness (QED) is 0.810. The lowest BCUT2D eigenvalue weighted by Crippen LogP contribution is -2.74. The molecule has 2 bridgehead atoms. The van der Waals surface area contributed by atoms with E-state index in [2.05, 4.69) is 19.9 Å². The van der Waals surface area contributed by atoms with Crippen molar-refractivity contribution < 1.29 is 9.84 Å². The summed E-state index contributed by atoms with van der Waals surface area (Å²) in [7, 11) is 7.81. The normalized spacial score (nSPS) is 25.2. The van der Waals surface area contributed by atoms with Crippen LogP contribution in [0.5, 0.6) is 5.88 Å². The Hall–Kier alpha value is -1.90. The van der Waals surface area contributed by atoms with Gasteiger partial charge in [0.15, 0.2) is 0 Å². The third-order valence-corrected chi connectivity index (χ3v) is 5.08. The van der Waals surface area contributed by atoms with Crippen molar-refractivity contribution in [1.29, 1.82) is 0 Å². The number of pyridine rings is 1. The van der Waals surface area contributed by atoms with E-state index >= 15 is 0 Å². The Balaban J connectivity index is 1.50. The van der Waals surface area contributed by atoms with Crippen molar-refractivity contribution in [1.82, 2.24) is 19.9 Å². The lowest BCUT2D eigenvalue weighted by molar-refractivity contribution is -0.157. The van der Waals surface area contributed by atoms with Crippen LogP contribution in [-0.2, 0) is 5.62 Å².